The molecule has 4 aliphatic rings. The molecule has 2 unspecified atom stereocenters. The van der Waals surface area contributed by atoms with Crippen LogP contribution in [0.25, 0.3) is 62.0 Å². The molecule has 2 amide bonds. The van der Waals surface area contributed by atoms with E-state index in [9.17, 15) is 19.5 Å². The highest BCUT2D eigenvalue weighted by atomic mass is 16.6. The summed E-state index contributed by atoms with van der Waals surface area (Å²) in [5.74, 6) is -1.01. The second-order valence-corrected chi connectivity index (χ2v) is 23.4. The number of esters is 1. The number of unbranched alkanes of at least 4 members (excludes halogenated alkanes) is 1. The van der Waals surface area contributed by atoms with Crippen LogP contribution in [0.3, 0.4) is 0 Å². The lowest BCUT2D eigenvalue weighted by Gasteiger charge is -2.25. The Balaban J connectivity index is 0.904. The number of ether oxygens (including phenoxy) is 3. The van der Waals surface area contributed by atoms with E-state index in [0.717, 1.165) is 122 Å². The molecule has 2 atom stereocenters. The molecule has 450 valence electrons. The molecule has 15 nitrogen and oxygen atoms in total. The van der Waals surface area contributed by atoms with Gasteiger partial charge in [-0.1, -0.05) is 97.6 Å². The number of aliphatic hydroxyl groups is 1. The minimum atomic E-state index is -1.02. The second-order valence-electron chi connectivity index (χ2n) is 23.4. The van der Waals surface area contributed by atoms with Gasteiger partial charge >= 0.3 is 18.2 Å². The Bertz CT molecular complexity index is 4230. The van der Waals surface area contributed by atoms with Crippen molar-refractivity contribution in [1.29, 1.82) is 0 Å². The second kappa shape index (κ2) is 27.2. The Morgan fingerprint density at radius 2 is 1.45 bits per heavy atom. The maximum atomic E-state index is 14.0. The van der Waals surface area contributed by atoms with Crippen molar-refractivity contribution in [2.24, 2.45) is 4.99 Å². The molecular weight excluding hydrogens is 1100 g/mol. The molecule has 0 fully saturated rings. The van der Waals surface area contributed by atoms with Gasteiger partial charge in [0, 0.05) is 56.5 Å². The Morgan fingerprint density at radius 3 is 2.12 bits per heavy atom. The van der Waals surface area contributed by atoms with Gasteiger partial charge in [-0.25, -0.2) is 19.4 Å². The predicted octanol–water partition coefficient (Wildman–Crippen LogP) is 13.5. The maximum absolute atomic E-state index is 14.0. The van der Waals surface area contributed by atoms with E-state index in [4.69, 9.17) is 29.2 Å². The van der Waals surface area contributed by atoms with Crippen molar-refractivity contribution in [3.63, 3.8) is 0 Å². The normalized spacial score (nSPS) is 15.7. The summed E-state index contributed by atoms with van der Waals surface area (Å²) in [5, 5.41) is 17.0. The number of carbonyl (C=O) groups is 3. The van der Waals surface area contributed by atoms with Crippen molar-refractivity contribution in [3.05, 3.63) is 231 Å². The zero-order chi connectivity index (χ0) is 62.1. The van der Waals surface area contributed by atoms with Gasteiger partial charge in [0.25, 0.3) is 0 Å². The van der Waals surface area contributed by atoms with Crippen LogP contribution in [0.5, 0.6) is 0 Å². The molecule has 15 heteroatoms. The highest BCUT2D eigenvalue weighted by Gasteiger charge is 2.34. The summed E-state index contributed by atoms with van der Waals surface area (Å²) in [7, 11) is 0. The van der Waals surface area contributed by atoms with E-state index in [1.54, 1.807) is 26.8 Å². The van der Waals surface area contributed by atoms with E-state index in [1.807, 2.05) is 112 Å². The van der Waals surface area contributed by atoms with Crippen LogP contribution < -0.4 is 21.3 Å². The van der Waals surface area contributed by atoms with E-state index < -0.39 is 29.8 Å². The number of fused-ring (bicyclic) bond motifs is 7. The summed E-state index contributed by atoms with van der Waals surface area (Å²) in [6.07, 6.45) is 11.9. The highest BCUT2D eigenvalue weighted by Crippen LogP contribution is 2.45. The van der Waals surface area contributed by atoms with E-state index in [0.29, 0.717) is 25.1 Å². The summed E-state index contributed by atoms with van der Waals surface area (Å²) in [6, 6.07) is 41.4. The number of nitrogens with zero attached hydrogens (tertiary/aromatic N) is 3. The third-order valence-corrected chi connectivity index (χ3v) is 15.7. The quantitative estimate of drug-likeness (QED) is 0.0209. The van der Waals surface area contributed by atoms with Crippen LogP contribution in [0.4, 0.5) is 9.59 Å². The third-order valence-electron chi connectivity index (χ3n) is 15.7. The fourth-order valence-corrected chi connectivity index (χ4v) is 11.1. The Labute approximate surface area is 513 Å². The number of amides is 2. The van der Waals surface area contributed by atoms with Gasteiger partial charge in [-0.3, -0.25) is 9.97 Å². The van der Waals surface area contributed by atoms with Gasteiger partial charge in [-0.05, 0) is 203 Å². The van der Waals surface area contributed by atoms with Gasteiger partial charge in [-0.15, -0.1) is 0 Å². The van der Waals surface area contributed by atoms with Gasteiger partial charge < -0.3 is 44.9 Å². The molecule has 7 heterocycles. The van der Waals surface area contributed by atoms with Crippen LogP contribution in [0.2, 0.25) is 0 Å². The first-order valence-electron chi connectivity index (χ1n) is 29.9. The number of benzene rings is 3. The molecule has 0 spiro atoms. The molecular formula is C73H76N8O7. The number of aryl methyl sites for hydroxylation is 1. The van der Waals surface area contributed by atoms with Crippen LogP contribution in [-0.4, -0.2) is 85.3 Å². The summed E-state index contributed by atoms with van der Waals surface area (Å²) in [4.78, 5) is 66.1. The Morgan fingerprint density at radius 1 is 0.773 bits per heavy atom. The number of allylic oxidation sites excluding steroid dienone is 6. The van der Waals surface area contributed by atoms with Gasteiger partial charge in [0.2, 0.25) is 0 Å². The lowest BCUT2D eigenvalue weighted by atomic mass is 9.84. The van der Waals surface area contributed by atoms with Crippen molar-refractivity contribution < 1.29 is 33.7 Å². The number of aromatic nitrogens is 5. The molecule has 6 N–H and O–H groups in total. The monoisotopic (exact) mass is 1180 g/mol. The number of nitrogens with one attached hydrogen (secondary N) is 5. The number of H-pyrrole nitrogens is 3. The molecule has 0 saturated heterocycles. The standard InChI is InChI=1S/C73H76N8O7/c1-10-50-37-59(65(76-50)39-53-29-32-61(77-53)47(6)45(4)24-23-44(3)41-82)69-66-38-51(11-2)75-46(5)36-52-30-33-62(78-52)68(63-34-31-54(79-63)40-67(69)80-66)49-27-25-48(26-28-49)42-86-70(83)64(22-16-17-35-74-71(84)88-73(7,8)9)81-72(85)87-43-60-57-20-14-12-18-55(57)56-19-13-15-21-58(56)60/h10-15,18-21,23-34,36-40,60,64,69,77-79,82H,2,16-17,22,35,41-43H2,1,3-9H3,(H,74,84)(H,81,85)/b44-23+,45-24+,46-36?,50-10-,51-38?,52-36?,53-39-,54-40?,61-47+,66-38?,67-40?,68-62?,68-63?,75-46?,75-51?. The molecule has 6 bridgehead atoms. The van der Waals surface area contributed by atoms with Crippen molar-refractivity contribution in [1.82, 2.24) is 35.6 Å². The van der Waals surface area contributed by atoms with E-state index in [2.05, 4.69) is 113 Å². The molecule has 7 aromatic rings. The number of aliphatic hydroxyl groups excluding tert-OH is 1. The summed E-state index contributed by atoms with van der Waals surface area (Å²) >= 11 is 0. The lowest BCUT2D eigenvalue weighted by molar-refractivity contribution is -0.147. The number of alkyl carbamates (subject to hydrolysis) is 2. The minimum absolute atomic E-state index is 0.0149. The number of rotatable bonds is 18. The molecule has 0 radical (unpaired) electrons. The zero-order valence-corrected chi connectivity index (χ0v) is 51.2. The molecule has 88 heavy (non-hydrogen) atoms. The smallest absolute Gasteiger partial charge is 0.407 e. The molecule has 4 aromatic heterocycles. The van der Waals surface area contributed by atoms with Crippen molar-refractivity contribution >= 4 is 63.7 Å². The SMILES string of the molecule is C=Cc1cc2nc(cc3ccc([nH]3)c(-c3ccc(COC(=O)C(CCCCNC(=O)OC(C)(C)C)NC(=O)OCC4c5ccccc5-c5ccccc54)cc3)c3ccc(cc(C)n1)[nH]3)C2C1=C/C(=C/C)N=C1/C=c1/cc\c(=C(C)/C(C)=C/C=C(\C)CO)[nH]1. The first kappa shape index (κ1) is 61.2. The fourth-order valence-electron chi connectivity index (χ4n) is 11.1. The van der Waals surface area contributed by atoms with Crippen LogP contribution in [0.1, 0.15) is 119 Å². The average Bonchev–Trinajstić information content (AvgIpc) is 1.85. The fraction of sp³-hybridized carbons (Fsp3) is 0.260. The topological polar surface area (TPSA) is 209 Å². The molecule has 1 aliphatic carbocycles. The largest absolute Gasteiger partial charge is 0.459 e. The van der Waals surface area contributed by atoms with Crippen molar-refractivity contribution in [3.8, 4) is 22.3 Å². The summed E-state index contributed by atoms with van der Waals surface area (Å²) in [5.41, 5.74) is 18.6. The predicted molar refractivity (Wildman–Crippen MR) is 350 cm³/mol. The van der Waals surface area contributed by atoms with Crippen molar-refractivity contribution in [2.45, 2.75) is 105 Å². The van der Waals surface area contributed by atoms with Gasteiger partial charge in [0.1, 0.15) is 24.9 Å². The number of carbonyl (C=O) groups excluding carboxylic acids is 3. The number of aliphatic imine (C=N–C) groups is 1. The van der Waals surface area contributed by atoms with Crippen LogP contribution in [0, 0.1) is 6.92 Å². The van der Waals surface area contributed by atoms with Crippen LogP contribution >= 0.6 is 0 Å². The van der Waals surface area contributed by atoms with Crippen LogP contribution in [0.15, 0.2) is 186 Å². The van der Waals surface area contributed by atoms with E-state index >= 15 is 0 Å². The lowest BCUT2D eigenvalue weighted by Crippen LogP contribution is -2.42. The van der Waals surface area contributed by atoms with Crippen LogP contribution in [-0.2, 0) is 25.6 Å². The Hall–Kier alpha value is -9.86. The first-order chi connectivity index (χ1) is 42.4. The minimum Gasteiger partial charge on any atom is -0.459 e. The number of hydrogen-bond donors (Lipinski definition) is 6. The maximum Gasteiger partial charge on any atom is 0.407 e. The van der Waals surface area contributed by atoms with E-state index in [-0.39, 0.29) is 38.1 Å². The first-order valence-corrected chi connectivity index (χ1v) is 29.9. The summed E-state index contributed by atoms with van der Waals surface area (Å²) in [6.45, 7) is 19.9. The third kappa shape index (κ3) is 14.7. The van der Waals surface area contributed by atoms with Gasteiger partial charge in [-0.2, -0.15) is 0 Å². The molecule has 11 rings (SSSR count). The molecule has 0 saturated carbocycles. The number of aromatic amines is 3. The van der Waals surface area contributed by atoms with Crippen molar-refractivity contribution in [2.75, 3.05) is 19.8 Å². The molecule has 3 aliphatic heterocycles. The summed E-state index contributed by atoms with van der Waals surface area (Å²) < 4.78 is 17.2. The van der Waals surface area contributed by atoms with Gasteiger partial charge in [0.15, 0.2) is 0 Å². The number of hydrogen-bond acceptors (Lipinski definition) is 10. The van der Waals surface area contributed by atoms with Gasteiger partial charge in [0.05, 0.1) is 41.0 Å². The Kier molecular flexibility index (Phi) is 19.0. The average molecular weight is 1180 g/mol. The highest BCUT2D eigenvalue weighted by molar-refractivity contribution is 6.23. The van der Waals surface area contributed by atoms with E-state index in [1.165, 1.54) is 0 Å². The molecule has 3 aromatic carbocycles. The zero-order valence-electron chi connectivity index (χ0n) is 51.2.